The molecule has 17 heavy (non-hydrogen) atoms. The molecule has 0 rings (SSSR count). The average Bonchev–Trinajstić information content (AvgIpc) is 2.27. The summed E-state index contributed by atoms with van der Waals surface area (Å²) >= 11 is 0. The van der Waals surface area contributed by atoms with Crippen molar-refractivity contribution in [3.8, 4) is 0 Å². The Labute approximate surface area is 101 Å². The van der Waals surface area contributed by atoms with Gasteiger partial charge in [-0.2, -0.15) is 0 Å². The first-order valence-corrected chi connectivity index (χ1v) is 6.74. The van der Waals surface area contributed by atoms with Crippen molar-refractivity contribution in [3.63, 3.8) is 0 Å². The van der Waals surface area contributed by atoms with Crippen molar-refractivity contribution in [2.75, 3.05) is 26.1 Å². The van der Waals surface area contributed by atoms with Crippen LogP contribution < -0.4 is 4.72 Å². The summed E-state index contributed by atoms with van der Waals surface area (Å²) in [6.45, 7) is 0.352. The third-order valence-corrected chi connectivity index (χ3v) is 3.75. The predicted octanol–water partition coefficient (Wildman–Crippen LogP) is -1.40. The molecule has 7 nitrogen and oxygen atoms in total. The van der Waals surface area contributed by atoms with Gasteiger partial charge in [-0.25, -0.2) is 13.1 Å². The number of aliphatic hydroxyl groups is 2. The van der Waals surface area contributed by atoms with Crippen LogP contribution in [-0.4, -0.2) is 56.2 Å². The fourth-order valence-electron chi connectivity index (χ4n) is 1.05. The van der Waals surface area contributed by atoms with Crippen LogP contribution in [0.25, 0.3) is 0 Å². The summed E-state index contributed by atoms with van der Waals surface area (Å²) in [5.74, 6) is -0.746. The Morgan fingerprint density at radius 3 is 2.29 bits per heavy atom. The number of aliphatic hydroxyl groups excluding tert-OH is 2. The van der Waals surface area contributed by atoms with E-state index in [0.29, 0.717) is 0 Å². The molecule has 0 aliphatic carbocycles. The lowest BCUT2D eigenvalue weighted by Gasteiger charge is -2.25. The summed E-state index contributed by atoms with van der Waals surface area (Å²) in [5, 5.41) is 17.9. The molecule has 0 bridgehead atoms. The number of carbonyl (C=O) groups is 1. The van der Waals surface area contributed by atoms with Crippen molar-refractivity contribution in [3.05, 3.63) is 0 Å². The Morgan fingerprint density at radius 1 is 1.35 bits per heavy atom. The highest BCUT2D eigenvalue weighted by Gasteiger charge is 2.28. The number of nitrogens with one attached hydrogen (secondary N) is 1. The zero-order valence-electron chi connectivity index (χ0n) is 9.97. The molecule has 0 saturated carbocycles. The van der Waals surface area contributed by atoms with Crippen LogP contribution in [0.2, 0.25) is 0 Å². The van der Waals surface area contributed by atoms with Crippen LogP contribution in [0.1, 0.15) is 19.8 Å². The van der Waals surface area contributed by atoms with E-state index in [4.69, 9.17) is 10.2 Å². The lowest BCUT2D eigenvalue weighted by atomic mass is 10.1. The van der Waals surface area contributed by atoms with Crippen molar-refractivity contribution in [2.24, 2.45) is 0 Å². The molecule has 0 radical (unpaired) electrons. The fraction of sp³-hybridized carbons (Fsp3) is 0.889. The summed E-state index contributed by atoms with van der Waals surface area (Å²) in [4.78, 5) is 10.8. The van der Waals surface area contributed by atoms with Gasteiger partial charge in [0.1, 0.15) is 0 Å². The number of hydrogen-bond donors (Lipinski definition) is 3. The third-order valence-electron chi connectivity index (χ3n) is 2.12. The molecule has 0 saturated heterocycles. The Morgan fingerprint density at radius 2 is 1.88 bits per heavy atom. The van der Waals surface area contributed by atoms with Crippen LogP contribution in [0.3, 0.4) is 0 Å². The minimum Gasteiger partial charge on any atom is -0.469 e. The molecule has 0 aliphatic rings. The van der Waals surface area contributed by atoms with E-state index >= 15 is 0 Å². The molecule has 0 spiro atoms. The van der Waals surface area contributed by atoms with Gasteiger partial charge in [-0.3, -0.25) is 4.79 Å². The number of methoxy groups -OCH3 is 1. The summed E-state index contributed by atoms with van der Waals surface area (Å²) in [7, 11) is -2.42. The van der Waals surface area contributed by atoms with Crippen molar-refractivity contribution in [2.45, 2.75) is 25.3 Å². The van der Waals surface area contributed by atoms with Gasteiger partial charge in [0.05, 0.1) is 31.6 Å². The van der Waals surface area contributed by atoms with E-state index in [1.54, 1.807) is 0 Å². The number of carbonyl (C=O) groups excluding carboxylic acids is 1. The highest BCUT2D eigenvalue weighted by molar-refractivity contribution is 7.89. The first-order chi connectivity index (χ1) is 7.78. The zero-order chi connectivity index (χ0) is 13.5. The summed E-state index contributed by atoms with van der Waals surface area (Å²) in [6.07, 6.45) is 0.126. The minimum absolute atomic E-state index is 0.00632. The molecule has 0 unspecified atom stereocenters. The molecular weight excluding hydrogens is 250 g/mol. The smallest absolute Gasteiger partial charge is 0.305 e. The SMILES string of the molecule is COC(=O)CCCS(=O)(=O)NC(C)(CO)CO. The molecule has 0 aromatic rings. The van der Waals surface area contributed by atoms with Gasteiger partial charge in [-0.05, 0) is 13.3 Å². The second-order valence-electron chi connectivity index (χ2n) is 3.98. The lowest BCUT2D eigenvalue weighted by molar-refractivity contribution is -0.140. The quantitative estimate of drug-likeness (QED) is 0.467. The first kappa shape index (κ1) is 16.3. The molecular formula is C9H19NO6S. The second-order valence-corrected chi connectivity index (χ2v) is 5.82. The molecule has 8 heteroatoms. The lowest BCUT2D eigenvalue weighted by Crippen LogP contribution is -2.52. The molecule has 0 atom stereocenters. The molecule has 3 N–H and O–H groups in total. The molecule has 0 heterocycles. The summed E-state index contributed by atoms with van der Waals surface area (Å²) < 4.78 is 29.7. The van der Waals surface area contributed by atoms with Gasteiger partial charge in [0, 0.05) is 6.42 Å². The van der Waals surface area contributed by atoms with E-state index in [2.05, 4.69) is 9.46 Å². The van der Waals surface area contributed by atoms with E-state index < -0.39 is 34.7 Å². The van der Waals surface area contributed by atoms with Gasteiger partial charge in [-0.1, -0.05) is 0 Å². The second kappa shape index (κ2) is 6.90. The maximum absolute atomic E-state index is 11.5. The zero-order valence-corrected chi connectivity index (χ0v) is 10.8. The number of hydrogen-bond acceptors (Lipinski definition) is 6. The van der Waals surface area contributed by atoms with E-state index in [9.17, 15) is 13.2 Å². The van der Waals surface area contributed by atoms with E-state index in [1.807, 2.05) is 0 Å². The van der Waals surface area contributed by atoms with Crippen molar-refractivity contribution < 1.29 is 28.2 Å². The van der Waals surface area contributed by atoms with Crippen LogP contribution in [0.15, 0.2) is 0 Å². The van der Waals surface area contributed by atoms with E-state index in [0.717, 1.165) is 0 Å². The van der Waals surface area contributed by atoms with Crippen molar-refractivity contribution >= 4 is 16.0 Å². The summed E-state index contributed by atoms with van der Waals surface area (Å²) in [6, 6.07) is 0. The van der Waals surface area contributed by atoms with E-state index in [-0.39, 0.29) is 18.6 Å². The molecule has 0 amide bonds. The topological polar surface area (TPSA) is 113 Å². The van der Waals surface area contributed by atoms with Gasteiger partial charge >= 0.3 is 5.97 Å². The van der Waals surface area contributed by atoms with Gasteiger partial charge in [0.2, 0.25) is 10.0 Å². The Kier molecular flexibility index (Phi) is 6.61. The van der Waals surface area contributed by atoms with Crippen molar-refractivity contribution in [1.29, 1.82) is 0 Å². The van der Waals surface area contributed by atoms with Gasteiger partial charge < -0.3 is 14.9 Å². The molecule has 0 fully saturated rings. The number of ether oxygens (including phenoxy) is 1. The van der Waals surface area contributed by atoms with Crippen LogP contribution in [0.4, 0.5) is 0 Å². The molecule has 102 valence electrons. The van der Waals surface area contributed by atoms with Crippen LogP contribution >= 0.6 is 0 Å². The number of sulfonamides is 1. The number of esters is 1. The highest BCUT2D eigenvalue weighted by Crippen LogP contribution is 2.05. The monoisotopic (exact) mass is 269 g/mol. The molecule has 0 aromatic carbocycles. The predicted molar refractivity (Wildman–Crippen MR) is 60.7 cm³/mol. The fourth-order valence-corrected chi connectivity index (χ4v) is 2.56. The Bertz CT molecular complexity index is 335. The van der Waals surface area contributed by atoms with Crippen LogP contribution in [-0.2, 0) is 19.6 Å². The van der Waals surface area contributed by atoms with E-state index in [1.165, 1.54) is 14.0 Å². The molecule has 0 aliphatic heterocycles. The van der Waals surface area contributed by atoms with Gasteiger partial charge in [0.25, 0.3) is 0 Å². The van der Waals surface area contributed by atoms with Crippen LogP contribution in [0, 0.1) is 0 Å². The Balaban J connectivity index is 4.26. The van der Waals surface area contributed by atoms with Crippen molar-refractivity contribution in [1.82, 2.24) is 4.72 Å². The third kappa shape index (κ3) is 6.57. The Hall–Kier alpha value is -0.700. The first-order valence-electron chi connectivity index (χ1n) is 5.09. The normalized spacial score (nSPS) is 12.5. The molecule has 0 aromatic heterocycles. The van der Waals surface area contributed by atoms with Crippen LogP contribution in [0.5, 0.6) is 0 Å². The standard InChI is InChI=1S/C9H19NO6S/c1-9(6-11,7-12)10-17(14,15)5-3-4-8(13)16-2/h10-12H,3-7H2,1-2H3. The largest absolute Gasteiger partial charge is 0.469 e. The number of rotatable bonds is 8. The summed E-state index contributed by atoms with van der Waals surface area (Å²) in [5.41, 5.74) is -1.29. The maximum atomic E-state index is 11.5. The van der Waals surface area contributed by atoms with Gasteiger partial charge in [0.15, 0.2) is 0 Å². The average molecular weight is 269 g/mol. The minimum atomic E-state index is -3.65. The van der Waals surface area contributed by atoms with Gasteiger partial charge in [-0.15, -0.1) is 0 Å². The maximum Gasteiger partial charge on any atom is 0.305 e. The highest BCUT2D eigenvalue weighted by atomic mass is 32.2.